The summed E-state index contributed by atoms with van der Waals surface area (Å²) in [5.41, 5.74) is 2.14. The first-order valence-corrected chi connectivity index (χ1v) is 7.64. The normalized spacial score (nSPS) is 10.8. The molecule has 0 spiro atoms. The summed E-state index contributed by atoms with van der Waals surface area (Å²) in [5, 5.41) is 3.07. The molecule has 22 heavy (non-hydrogen) atoms. The molecule has 3 aromatic heterocycles. The van der Waals surface area contributed by atoms with Crippen molar-refractivity contribution >= 4 is 39.1 Å². The zero-order chi connectivity index (χ0) is 15.5. The van der Waals surface area contributed by atoms with Gasteiger partial charge in [-0.15, -0.1) is 0 Å². The first kappa shape index (κ1) is 14.9. The molecule has 0 atom stereocenters. The molecule has 0 unspecified atom stereocenters. The molecule has 3 rings (SSSR count). The highest BCUT2D eigenvalue weighted by Gasteiger charge is 2.10. The molecule has 0 fully saturated rings. The number of halogens is 2. The fraction of sp³-hybridized carbons (Fsp3) is 0.143. The summed E-state index contributed by atoms with van der Waals surface area (Å²) >= 11 is 9.31. The van der Waals surface area contributed by atoms with E-state index in [1.54, 1.807) is 6.20 Å². The van der Waals surface area contributed by atoms with Gasteiger partial charge in [0.05, 0.1) is 24.4 Å². The maximum absolute atomic E-state index is 12.1. The third-order valence-electron chi connectivity index (χ3n) is 3.06. The molecule has 0 saturated heterocycles. The van der Waals surface area contributed by atoms with Crippen LogP contribution in [0.2, 0.25) is 5.15 Å². The molecular formula is C14H11BrClN5O. The monoisotopic (exact) mass is 379 g/mol. The van der Waals surface area contributed by atoms with E-state index in [2.05, 4.69) is 36.2 Å². The van der Waals surface area contributed by atoms with E-state index in [9.17, 15) is 4.79 Å². The van der Waals surface area contributed by atoms with Crippen LogP contribution in [0.5, 0.6) is 0 Å². The molecule has 6 nitrogen and oxygen atoms in total. The SMILES string of the molecule is O=C(Cc1cnc2ccc(Br)cn12)NCc1nccnc1Cl. The molecule has 8 heteroatoms. The van der Waals surface area contributed by atoms with Crippen molar-refractivity contribution in [3.63, 3.8) is 0 Å². The minimum Gasteiger partial charge on any atom is -0.350 e. The zero-order valence-electron chi connectivity index (χ0n) is 11.3. The summed E-state index contributed by atoms with van der Waals surface area (Å²) in [6.45, 7) is 0.242. The van der Waals surface area contributed by atoms with Gasteiger partial charge in [0.2, 0.25) is 5.91 Å². The number of nitrogens with zero attached hydrogens (tertiary/aromatic N) is 4. The number of aromatic nitrogens is 4. The Labute approximate surface area is 139 Å². The number of hydrogen-bond donors (Lipinski definition) is 1. The smallest absolute Gasteiger partial charge is 0.226 e. The standard InChI is InChI=1S/C14H11BrClN5O/c15-9-1-2-12-19-6-10(21(12)8-9)5-13(22)20-7-11-14(16)18-4-3-17-11/h1-4,6,8H,5,7H2,(H,20,22). The molecule has 112 valence electrons. The fourth-order valence-corrected chi connectivity index (χ4v) is 2.52. The van der Waals surface area contributed by atoms with E-state index < -0.39 is 0 Å². The quantitative estimate of drug-likeness (QED) is 0.754. The van der Waals surface area contributed by atoms with Crippen LogP contribution in [0.1, 0.15) is 11.4 Å². The van der Waals surface area contributed by atoms with Crippen molar-refractivity contribution in [3.8, 4) is 0 Å². The Hall–Kier alpha value is -1.99. The maximum atomic E-state index is 12.1. The lowest BCUT2D eigenvalue weighted by atomic mass is 10.3. The summed E-state index contributed by atoms with van der Waals surface area (Å²) in [5.74, 6) is -0.136. The van der Waals surface area contributed by atoms with Crippen LogP contribution in [0.25, 0.3) is 5.65 Å². The highest BCUT2D eigenvalue weighted by atomic mass is 79.9. The number of hydrogen-bond acceptors (Lipinski definition) is 4. The Morgan fingerprint density at radius 2 is 2.09 bits per heavy atom. The van der Waals surface area contributed by atoms with Gasteiger partial charge in [0.1, 0.15) is 5.65 Å². The molecule has 0 aliphatic carbocycles. The van der Waals surface area contributed by atoms with E-state index in [-0.39, 0.29) is 18.9 Å². The molecule has 0 saturated carbocycles. The topological polar surface area (TPSA) is 72.2 Å². The molecule has 0 aromatic carbocycles. The number of imidazole rings is 1. The molecule has 0 aliphatic heterocycles. The van der Waals surface area contributed by atoms with Gasteiger partial charge in [-0.3, -0.25) is 9.78 Å². The average molecular weight is 381 g/mol. The van der Waals surface area contributed by atoms with E-state index in [0.29, 0.717) is 10.8 Å². The van der Waals surface area contributed by atoms with Crippen LogP contribution in [0, 0.1) is 0 Å². The zero-order valence-corrected chi connectivity index (χ0v) is 13.7. The van der Waals surface area contributed by atoms with Crippen molar-refractivity contribution in [1.29, 1.82) is 0 Å². The summed E-state index contributed by atoms with van der Waals surface area (Å²) in [6.07, 6.45) is 6.83. The summed E-state index contributed by atoms with van der Waals surface area (Å²) in [6, 6.07) is 3.78. The van der Waals surface area contributed by atoms with Gasteiger partial charge < -0.3 is 9.72 Å². The Morgan fingerprint density at radius 3 is 2.91 bits per heavy atom. The largest absolute Gasteiger partial charge is 0.350 e. The molecule has 1 N–H and O–H groups in total. The van der Waals surface area contributed by atoms with E-state index in [4.69, 9.17) is 11.6 Å². The van der Waals surface area contributed by atoms with Crippen molar-refractivity contribution in [2.75, 3.05) is 0 Å². The minimum atomic E-state index is -0.136. The van der Waals surface area contributed by atoms with E-state index >= 15 is 0 Å². The van der Waals surface area contributed by atoms with Gasteiger partial charge in [-0.1, -0.05) is 11.6 Å². The van der Waals surface area contributed by atoms with Gasteiger partial charge in [-0.2, -0.15) is 0 Å². The van der Waals surface area contributed by atoms with Crippen LogP contribution in [0.15, 0.2) is 41.4 Å². The van der Waals surface area contributed by atoms with Crippen molar-refractivity contribution in [1.82, 2.24) is 24.7 Å². The Kier molecular flexibility index (Phi) is 4.35. The highest BCUT2D eigenvalue weighted by Crippen LogP contribution is 2.14. The first-order chi connectivity index (χ1) is 10.6. The van der Waals surface area contributed by atoms with Crippen LogP contribution in [-0.4, -0.2) is 25.3 Å². The van der Waals surface area contributed by atoms with Gasteiger partial charge in [-0.05, 0) is 28.1 Å². The molecular weight excluding hydrogens is 370 g/mol. The van der Waals surface area contributed by atoms with E-state index in [1.165, 1.54) is 12.4 Å². The summed E-state index contributed by atoms with van der Waals surface area (Å²) in [7, 11) is 0. The fourth-order valence-electron chi connectivity index (χ4n) is 2.01. The van der Waals surface area contributed by atoms with Crippen molar-refractivity contribution < 1.29 is 4.79 Å². The third-order valence-corrected chi connectivity index (χ3v) is 3.85. The molecule has 0 bridgehead atoms. The van der Waals surface area contributed by atoms with Crippen LogP contribution >= 0.6 is 27.5 Å². The number of carbonyl (C=O) groups excluding carboxylic acids is 1. The van der Waals surface area contributed by atoms with Gasteiger partial charge in [-0.25, -0.2) is 9.97 Å². The number of amides is 1. The van der Waals surface area contributed by atoms with Gasteiger partial charge >= 0.3 is 0 Å². The second-order valence-corrected chi connectivity index (χ2v) is 5.85. The number of fused-ring (bicyclic) bond motifs is 1. The molecule has 3 heterocycles. The average Bonchev–Trinajstić information content (AvgIpc) is 2.89. The number of pyridine rings is 1. The lowest BCUT2D eigenvalue weighted by Crippen LogP contribution is -2.25. The van der Waals surface area contributed by atoms with Gasteiger partial charge in [0.25, 0.3) is 0 Å². The Balaban J connectivity index is 1.68. The van der Waals surface area contributed by atoms with Gasteiger partial charge in [0.15, 0.2) is 5.15 Å². The predicted molar refractivity (Wildman–Crippen MR) is 85.5 cm³/mol. The minimum absolute atomic E-state index is 0.136. The van der Waals surface area contributed by atoms with Gasteiger partial charge in [0, 0.05) is 29.3 Å². The van der Waals surface area contributed by atoms with Crippen LogP contribution in [-0.2, 0) is 17.8 Å². The summed E-state index contributed by atoms with van der Waals surface area (Å²) < 4.78 is 2.80. The molecule has 1 amide bonds. The van der Waals surface area contributed by atoms with Crippen molar-refractivity contribution in [3.05, 3.63) is 57.9 Å². The highest BCUT2D eigenvalue weighted by molar-refractivity contribution is 9.10. The number of nitrogens with one attached hydrogen (secondary N) is 1. The van der Waals surface area contributed by atoms with Crippen LogP contribution in [0.4, 0.5) is 0 Å². The predicted octanol–water partition coefficient (Wildman–Crippen LogP) is 2.40. The number of carbonyl (C=O) groups is 1. The van der Waals surface area contributed by atoms with Crippen LogP contribution in [0.3, 0.4) is 0 Å². The van der Waals surface area contributed by atoms with E-state index in [1.807, 2.05) is 22.7 Å². The number of rotatable bonds is 4. The second kappa shape index (κ2) is 6.41. The molecule has 0 aliphatic rings. The lowest BCUT2D eigenvalue weighted by molar-refractivity contribution is -0.120. The molecule has 3 aromatic rings. The second-order valence-electron chi connectivity index (χ2n) is 4.57. The lowest BCUT2D eigenvalue weighted by Gasteiger charge is -2.06. The van der Waals surface area contributed by atoms with E-state index in [0.717, 1.165) is 15.8 Å². The molecule has 0 radical (unpaired) electrons. The van der Waals surface area contributed by atoms with Crippen molar-refractivity contribution in [2.45, 2.75) is 13.0 Å². The Bertz CT molecular complexity index is 835. The summed E-state index contributed by atoms with van der Waals surface area (Å²) in [4.78, 5) is 24.3. The van der Waals surface area contributed by atoms with Crippen molar-refractivity contribution in [2.24, 2.45) is 0 Å². The Morgan fingerprint density at radius 1 is 1.27 bits per heavy atom. The third kappa shape index (κ3) is 3.26. The maximum Gasteiger partial charge on any atom is 0.226 e. The first-order valence-electron chi connectivity index (χ1n) is 6.47. The van der Waals surface area contributed by atoms with Crippen LogP contribution < -0.4 is 5.32 Å².